The molecule has 0 spiro atoms. The van der Waals surface area contributed by atoms with Crippen LogP contribution in [0.15, 0.2) is 18.2 Å². The molecule has 1 aromatic rings. The minimum absolute atomic E-state index is 0.107. The molecule has 2 rings (SSSR count). The number of hydrogen-bond acceptors (Lipinski definition) is 4. The monoisotopic (exact) mass is 312 g/mol. The number of halogens is 1. The van der Waals surface area contributed by atoms with Crippen LogP contribution < -0.4 is 0 Å². The van der Waals surface area contributed by atoms with Crippen molar-refractivity contribution in [3.63, 3.8) is 0 Å². The molecule has 1 atom stereocenters. The fourth-order valence-corrected chi connectivity index (χ4v) is 2.53. The molecule has 1 N–H and O–H groups in total. The number of benzene rings is 1. The standard InChI is InChI=1S/C13H13ClN2O5/c1-13(12(18)19)4-5-15(7-13)11(17)8-2-3-10(16(20)21)9(14)6-8/h2-3,6H,4-5,7H2,1H3,(H,18,19). The molecule has 0 bridgehead atoms. The van der Waals surface area contributed by atoms with Gasteiger partial charge in [0.1, 0.15) is 5.02 Å². The second kappa shape index (κ2) is 5.33. The van der Waals surface area contributed by atoms with Crippen LogP contribution in [-0.4, -0.2) is 39.9 Å². The van der Waals surface area contributed by atoms with Crippen LogP contribution in [0.3, 0.4) is 0 Å². The lowest BCUT2D eigenvalue weighted by molar-refractivity contribution is -0.384. The molecule has 7 nitrogen and oxygen atoms in total. The van der Waals surface area contributed by atoms with E-state index in [0.717, 1.165) is 0 Å². The first kappa shape index (κ1) is 15.2. The van der Waals surface area contributed by atoms with Gasteiger partial charge < -0.3 is 10.0 Å². The zero-order valence-corrected chi connectivity index (χ0v) is 12.0. The van der Waals surface area contributed by atoms with Crippen molar-refractivity contribution in [1.29, 1.82) is 0 Å². The maximum atomic E-state index is 12.3. The Kier molecular flexibility index (Phi) is 3.87. The Balaban J connectivity index is 2.20. The lowest BCUT2D eigenvalue weighted by Gasteiger charge is -2.20. The van der Waals surface area contributed by atoms with Gasteiger partial charge in [0.2, 0.25) is 0 Å². The lowest BCUT2D eigenvalue weighted by atomic mass is 9.90. The number of amides is 1. The number of carboxylic acid groups (broad SMARTS) is 1. The van der Waals surface area contributed by atoms with Gasteiger partial charge >= 0.3 is 5.97 Å². The fourth-order valence-electron chi connectivity index (χ4n) is 2.28. The van der Waals surface area contributed by atoms with Crippen molar-refractivity contribution in [2.24, 2.45) is 5.41 Å². The average molecular weight is 313 g/mol. The second-order valence-corrected chi connectivity index (χ2v) is 5.67. The van der Waals surface area contributed by atoms with Crippen molar-refractivity contribution in [2.75, 3.05) is 13.1 Å². The summed E-state index contributed by atoms with van der Waals surface area (Å²) in [6.07, 6.45) is 0.370. The van der Waals surface area contributed by atoms with Crippen LogP contribution in [0.1, 0.15) is 23.7 Å². The van der Waals surface area contributed by atoms with E-state index >= 15 is 0 Å². The molecule has 1 fully saturated rings. The fraction of sp³-hybridized carbons (Fsp3) is 0.385. The Morgan fingerprint density at radius 1 is 1.48 bits per heavy atom. The Hall–Kier alpha value is -2.15. The van der Waals surface area contributed by atoms with Crippen LogP contribution in [0.2, 0.25) is 5.02 Å². The molecule has 1 heterocycles. The predicted octanol–water partition coefficient (Wildman–Crippen LogP) is 2.19. The van der Waals surface area contributed by atoms with Crippen molar-refractivity contribution in [3.8, 4) is 0 Å². The molecule has 0 radical (unpaired) electrons. The molecule has 1 unspecified atom stereocenters. The van der Waals surface area contributed by atoms with E-state index in [0.29, 0.717) is 13.0 Å². The number of carbonyl (C=O) groups excluding carboxylic acids is 1. The van der Waals surface area contributed by atoms with E-state index < -0.39 is 16.3 Å². The van der Waals surface area contributed by atoms with Crippen molar-refractivity contribution < 1.29 is 19.6 Å². The Bertz CT molecular complexity index is 633. The number of nitrogens with zero attached hydrogens (tertiary/aromatic N) is 2. The molecule has 1 aromatic carbocycles. The summed E-state index contributed by atoms with van der Waals surface area (Å²) in [5.74, 6) is -1.32. The van der Waals surface area contributed by atoms with Gasteiger partial charge in [0.15, 0.2) is 0 Å². The maximum absolute atomic E-state index is 12.3. The van der Waals surface area contributed by atoms with Gasteiger partial charge in [0, 0.05) is 24.7 Å². The van der Waals surface area contributed by atoms with E-state index in [9.17, 15) is 19.7 Å². The molecule has 1 amide bonds. The highest BCUT2D eigenvalue weighted by atomic mass is 35.5. The summed E-state index contributed by atoms with van der Waals surface area (Å²) in [5, 5.41) is 19.7. The van der Waals surface area contributed by atoms with Gasteiger partial charge in [-0.3, -0.25) is 19.7 Å². The number of likely N-dealkylation sites (tertiary alicyclic amines) is 1. The Labute approximate surface area is 125 Å². The van der Waals surface area contributed by atoms with Gasteiger partial charge in [-0.2, -0.15) is 0 Å². The molecule has 1 aliphatic rings. The number of carboxylic acids is 1. The molecule has 21 heavy (non-hydrogen) atoms. The summed E-state index contributed by atoms with van der Waals surface area (Å²) >= 11 is 5.78. The molecule has 0 saturated carbocycles. The van der Waals surface area contributed by atoms with Gasteiger partial charge in [-0.15, -0.1) is 0 Å². The normalized spacial score (nSPS) is 21.3. The summed E-state index contributed by atoms with van der Waals surface area (Å²) in [4.78, 5) is 34.9. The van der Waals surface area contributed by atoms with Crippen molar-refractivity contribution >= 4 is 29.2 Å². The molecule has 8 heteroatoms. The zero-order valence-electron chi connectivity index (χ0n) is 11.2. The predicted molar refractivity (Wildman–Crippen MR) is 74.4 cm³/mol. The molecular formula is C13H13ClN2O5. The van der Waals surface area contributed by atoms with E-state index in [1.807, 2.05) is 0 Å². The van der Waals surface area contributed by atoms with Gasteiger partial charge in [-0.05, 0) is 25.5 Å². The average Bonchev–Trinajstić information content (AvgIpc) is 2.81. The van der Waals surface area contributed by atoms with Crippen LogP contribution in [0.5, 0.6) is 0 Å². The van der Waals surface area contributed by atoms with E-state index in [1.165, 1.54) is 23.1 Å². The van der Waals surface area contributed by atoms with Gasteiger partial charge in [0.05, 0.1) is 10.3 Å². The molecule has 0 aromatic heterocycles. The van der Waals surface area contributed by atoms with Crippen LogP contribution in [0.4, 0.5) is 5.69 Å². The zero-order chi connectivity index (χ0) is 15.8. The van der Waals surface area contributed by atoms with Crippen molar-refractivity contribution in [3.05, 3.63) is 38.9 Å². The topological polar surface area (TPSA) is 101 Å². The molecule has 1 aliphatic heterocycles. The highest BCUT2D eigenvalue weighted by Crippen LogP contribution is 2.32. The quantitative estimate of drug-likeness (QED) is 0.681. The third kappa shape index (κ3) is 2.82. The largest absolute Gasteiger partial charge is 0.481 e. The van der Waals surface area contributed by atoms with E-state index in [2.05, 4.69) is 0 Å². The molecule has 1 saturated heterocycles. The smallest absolute Gasteiger partial charge is 0.311 e. The first-order valence-electron chi connectivity index (χ1n) is 6.21. The van der Waals surface area contributed by atoms with Crippen molar-refractivity contribution in [1.82, 2.24) is 4.90 Å². The van der Waals surface area contributed by atoms with E-state index in [-0.39, 0.29) is 28.7 Å². The van der Waals surface area contributed by atoms with Crippen LogP contribution in [0.25, 0.3) is 0 Å². The van der Waals surface area contributed by atoms with Gasteiger partial charge in [0.25, 0.3) is 11.6 Å². The third-order valence-electron chi connectivity index (χ3n) is 3.67. The first-order valence-corrected chi connectivity index (χ1v) is 6.59. The number of hydrogen-bond donors (Lipinski definition) is 1. The summed E-state index contributed by atoms with van der Waals surface area (Å²) in [6.45, 7) is 2.03. The van der Waals surface area contributed by atoms with Crippen LogP contribution in [0, 0.1) is 15.5 Å². The number of nitro benzene ring substituents is 1. The summed E-state index contributed by atoms with van der Waals surface area (Å²) in [7, 11) is 0. The van der Waals surface area contributed by atoms with Gasteiger partial charge in [-0.1, -0.05) is 11.6 Å². The third-order valence-corrected chi connectivity index (χ3v) is 3.97. The maximum Gasteiger partial charge on any atom is 0.311 e. The Morgan fingerprint density at radius 3 is 2.62 bits per heavy atom. The minimum Gasteiger partial charge on any atom is -0.481 e. The molecular weight excluding hydrogens is 300 g/mol. The summed E-state index contributed by atoms with van der Waals surface area (Å²) in [6, 6.07) is 3.73. The minimum atomic E-state index is -0.958. The summed E-state index contributed by atoms with van der Waals surface area (Å²) in [5.41, 5.74) is -1.02. The van der Waals surface area contributed by atoms with Crippen LogP contribution >= 0.6 is 11.6 Å². The van der Waals surface area contributed by atoms with E-state index in [1.54, 1.807) is 6.92 Å². The highest BCUT2D eigenvalue weighted by molar-refractivity contribution is 6.33. The second-order valence-electron chi connectivity index (χ2n) is 5.27. The van der Waals surface area contributed by atoms with E-state index in [4.69, 9.17) is 16.7 Å². The van der Waals surface area contributed by atoms with Gasteiger partial charge in [-0.25, -0.2) is 0 Å². The van der Waals surface area contributed by atoms with Crippen LogP contribution in [-0.2, 0) is 4.79 Å². The SMILES string of the molecule is CC1(C(=O)O)CCN(C(=O)c2ccc([N+](=O)[O-])c(Cl)c2)C1. The number of nitro groups is 1. The summed E-state index contributed by atoms with van der Waals surface area (Å²) < 4.78 is 0. The number of carbonyl (C=O) groups is 2. The Morgan fingerprint density at radius 2 is 2.14 bits per heavy atom. The lowest BCUT2D eigenvalue weighted by Crippen LogP contribution is -2.34. The highest BCUT2D eigenvalue weighted by Gasteiger charge is 2.42. The first-order chi connectivity index (χ1) is 9.74. The molecule has 0 aliphatic carbocycles. The number of rotatable bonds is 3. The van der Waals surface area contributed by atoms with Crippen molar-refractivity contribution in [2.45, 2.75) is 13.3 Å². The number of aliphatic carboxylic acids is 1. The molecule has 112 valence electrons.